The lowest BCUT2D eigenvalue weighted by Gasteiger charge is -2.33. The molecule has 0 amide bonds. The molecule has 2 aromatic carbocycles. The molecule has 0 radical (unpaired) electrons. The van der Waals surface area contributed by atoms with Gasteiger partial charge in [-0.05, 0) is 68.0 Å². The van der Waals surface area contributed by atoms with Gasteiger partial charge in [0.25, 0.3) is 0 Å². The zero-order valence-corrected chi connectivity index (χ0v) is 14.5. The first-order valence-corrected chi connectivity index (χ1v) is 9.53. The summed E-state index contributed by atoms with van der Waals surface area (Å²) in [6.45, 7) is 3.55. The quantitative estimate of drug-likeness (QED) is 0.694. The molecule has 1 fully saturated rings. The number of para-hydroxylation sites is 1. The maximum absolute atomic E-state index is 5.51. The van der Waals surface area contributed by atoms with Crippen LogP contribution in [0.3, 0.4) is 0 Å². The van der Waals surface area contributed by atoms with E-state index < -0.39 is 0 Å². The van der Waals surface area contributed by atoms with Gasteiger partial charge in [-0.2, -0.15) is 0 Å². The van der Waals surface area contributed by atoms with Crippen LogP contribution in [0.2, 0.25) is 0 Å². The molecule has 1 unspecified atom stereocenters. The van der Waals surface area contributed by atoms with Crippen LogP contribution in [0, 0.1) is 0 Å². The number of aromatic nitrogens is 1. The van der Waals surface area contributed by atoms with Crippen LogP contribution in [0.5, 0.6) is 0 Å². The highest BCUT2D eigenvalue weighted by atomic mass is 16.5. The van der Waals surface area contributed by atoms with Crippen molar-refractivity contribution < 1.29 is 4.52 Å². The van der Waals surface area contributed by atoms with Gasteiger partial charge in [0.05, 0.1) is 5.69 Å². The monoisotopic (exact) mass is 332 g/mol. The highest BCUT2D eigenvalue weighted by Crippen LogP contribution is 2.36. The fourth-order valence-electron chi connectivity index (χ4n) is 4.74. The van der Waals surface area contributed by atoms with Crippen LogP contribution in [0.1, 0.15) is 47.9 Å². The van der Waals surface area contributed by atoms with E-state index in [9.17, 15) is 0 Å². The molecule has 1 aliphatic heterocycles. The summed E-state index contributed by atoms with van der Waals surface area (Å²) >= 11 is 0. The molecule has 1 atom stereocenters. The maximum atomic E-state index is 5.51. The number of aryl methyl sites for hydroxylation is 1. The second-order valence-corrected chi connectivity index (χ2v) is 7.57. The normalized spacial score (nSPS) is 21.7. The van der Waals surface area contributed by atoms with Crippen LogP contribution in [-0.2, 0) is 6.42 Å². The van der Waals surface area contributed by atoms with Gasteiger partial charge in [-0.3, -0.25) is 0 Å². The molecule has 0 bridgehead atoms. The molecule has 128 valence electrons. The second kappa shape index (κ2) is 6.30. The average molecular weight is 332 g/mol. The minimum atomic E-state index is 0.538. The van der Waals surface area contributed by atoms with Gasteiger partial charge in [-0.15, -0.1) is 0 Å². The number of rotatable bonds is 3. The zero-order chi connectivity index (χ0) is 16.6. The van der Waals surface area contributed by atoms with E-state index in [2.05, 4.69) is 46.5 Å². The van der Waals surface area contributed by atoms with Crippen LogP contribution in [0.15, 0.2) is 53.1 Å². The fourth-order valence-corrected chi connectivity index (χ4v) is 4.74. The lowest BCUT2D eigenvalue weighted by atomic mass is 9.90. The number of fused-ring (bicyclic) bond motifs is 2. The average Bonchev–Trinajstić information content (AvgIpc) is 3.27. The van der Waals surface area contributed by atoms with Gasteiger partial charge in [0, 0.05) is 17.8 Å². The summed E-state index contributed by atoms with van der Waals surface area (Å²) in [7, 11) is 0. The third-order valence-corrected chi connectivity index (χ3v) is 6.12. The summed E-state index contributed by atoms with van der Waals surface area (Å²) in [5.74, 6) is 1.26. The molecule has 25 heavy (non-hydrogen) atoms. The Bertz CT molecular complexity index is 876. The number of piperidine rings is 1. The predicted octanol–water partition coefficient (Wildman–Crippen LogP) is 4.74. The van der Waals surface area contributed by atoms with Crippen LogP contribution in [0.25, 0.3) is 11.0 Å². The molecule has 0 N–H and O–H groups in total. The number of likely N-dealkylation sites (tertiary alicyclic amines) is 1. The first kappa shape index (κ1) is 15.2. The molecule has 3 nitrogen and oxygen atoms in total. The summed E-state index contributed by atoms with van der Waals surface area (Å²) < 4.78 is 5.51. The summed E-state index contributed by atoms with van der Waals surface area (Å²) in [6, 6.07) is 17.3. The topological polar surface area (TPSA) is 29.3 Å². The van der Waals surface area contributed by atoms with E-state index >= 15 is 0 Å². The molecule has 0 saturated carbocycles. The molecule has 5 rings (SSSR count). The molecule has 0 spiro atoms. The Morgan fingerprint density at radius 3 is 2.68 bits per heavy atom. The van der Waals surface area contributed by atoms with E-state index in [1.54, 1.807) is 11.1 Å². The SMILES string of the molecule is c1ccc2c(c1)CCC2CN1CCC(c2noc3ccccc23)CC1. The van der Waals surface area contributed by atoms with E-state index in [0.717, 1.165) is 11.5 Å². The molecular weight excluding hydrogens is 308 g/mol. The number of hydrogen-bond acceptors (Lipinski definition) is 3. The largest absolute Gasteiger partial charge is 0.356 e. The van der Waals surface area contributed by atoms with E-state index in [0.29, 0.717) is 5.92 Å². The van der Waals surface area contributed by atoms with Crippen molar-refractivity contribution in [3.05, 3.63) is 65.4 Å². The maximum Gasteiger partial charge on any atom is 0.167 e. The van der Waals surface area contributed by atoms with Crippen molar-refractivity contribution in [2.75, 3.05) is 19.6 Å². The molecule has 3 aromatic rings. The Morgan fingerprint density at radius 1 is 0.960 bits per heavy atom. The van der Waals surface area contributed by atoms with Gasteiger partial charge in [0.2, 0.25) is 0 Å². The second-order valence-electron chi connectivity index (χ2n) is 7.57. The van der Waals surface area contributed by atoms with Crippen LogP contribution >= 0.6 is 0 Å². The summed E-state index contributed by atoms with van der Waals surface area (Å²) in [5.41, 5.74) is 5.24. The van der Waals surface area contributed by atoms with Crippen molar-refractivity contribution in [3.63, 3.8) is 0 Å². The van der Waals surface area contributed by atoms with Crippen molar-refractivity contribution in [2.24, 2.45) is 0 Å². The van der Waals surface area contributed by atoms with Gasteiger partial charge >= 0.3 is 0 Å². The number of nitrogens with zero attached hydrogens (tertiary/aromatic N) is 2. The summed E-state index contributed by atoms with van der Waals surface area (Å²) in [5, 5.41) is 5.58. The first-order chi connectivity index (χ1) is 12.4. The molecule has 1 aromatic heterocycles. The molecule has 1 saturated heterocycles. The van der Waals surface area contributed by atoms with Crippen molar-refractivity contribution in [1.29, 1.82) is 0 Å². The smallest absolute Gasteiger partial charge is 0.167 e. The van der Waals surface area contributed by atoms with E-state index in [-0.39, 0.29) is 0 Å². The Hall–Kier alpha value is -2.13. The predicted molar refractivity (Wildman–Crippen MR) is 99.9 cm³/mol. The van der Waals surface area contributed by atoms with Crippen molar-refractivity contribution >= 4 is 11.0 Å². The minimum Gasteiger partial charge on any atom is -0.356 e. The van der Waals surface area contributed by atoms with Crippen LogP contribution < -0.4 is 0 Å². The minimum absolute atomic E-state index is 0.538. The highest BCUT2D eigenvalue weighted by molar-refractivity contribution is 5.79. The van der Waals surface area contributed by atoms with Crippen molar-refractivity contribution in [2.45, 2.75) is 37.5 Å². The van der Waals surface area contributed by atoms with Crippen molar-refractivity contribution in [3.8, 4) is 0 Å². The Kier molecular flexibility index (Phi) is 3.82. The Labute approximate surface area is 148 Å². The zero-order valence-electron chi connectivity index (χ0n) is 14.5. The van der Waals surface area contributed by atoms with Gasteiger partial charge in [-0.25, -0.2) is 0 Å². The fraction of sp³-hybridized carbons (Fsp3) is 0.409. The molecule has 1 aliphatic carbocycles. The van der Waals surface area contributed by atoms with Crippen LogP contribution in [0.4, 0.5) is 0 Å². The Morgan fingerprint density at radius 2 is 1.76 bits per heavy atom. The third kappa shape index (κ3) is 2.77. The van der Waals surface area contributed by atoms with E-state index in [4.69, 9.17) is 4.52 Å². The molecule has 2 aliphatic rings. The van der Waals surface area contributed by atoms with E-state index in [1.807, 2.05) is 12.1 Å². The van der Waals surface area contributed by atoms with Crippen molar-refractivity contribution in [1.82, 2.24) is 10.1 Å². The van der Waals surface area contributed by atoms with Gasteiger partial charge in [-0.1, -0.05) is 41.6 Å². The lowest BCUT2D eigenvalue weighted by molar-refractivity contribution is 0.197. The number of hydrogen-bond donors (Lipinski definition) is 0. The third-order valence-electron chi connectivity index (χ3n) is 6.12. The van der Waals surface area contributed by atoms with Gasteiger partial charge in [0.1, 0.15) is 0 Å². The molecule has 3 heteroatoms. The Balaban J connectivity index is 1.25. The van der Waals surface area contributed by atoms with Gasteiger partial charge in [0.15, 0.2) is 5.58 Å². The summed E-state index contributed by atoms with van der Waals surface area (Å²) in [4.78, 5) is 2.66. The first-order valence-electron chi connectivity index (χ1n) is 9.53. The highest BCUT2D eigenvalue weighted by Gasteiger charge is 2.28. The van der Waals surface area contributed by atoms with Crippen LogP contribution in [-0.4, -0.2) is 29.7 Å². The number of benzene rings is 2. The lowest BCUT2D eigenvalue weighted by Crippen LogP contribution is -2.35. The molecular formula is C22H24N2O. The van der Waals surface area contributed by atoms with Gasteiger partial charge < -0.3 is 9.42 Å². The summed E-state index contributed by atoms with van der Waals surface area (Å²) in [6.07, 6.45) is 4.94. The standard InChI is InChI=1S/C22H24N2O/c1-2-6-19-16(5-1)9-10-18(19)15-24-13-11-17(12-14-24)22-20-7-3-4-8-21(20)25-23-22/h1-8,17-18H,9-15H2. The molecule has 2 heterocycles. The van der Waals surface area contributed by atoms with E-state index in [1.165, 1.54) is 56.4 Å².